The van der Waals surface area contributed by atoms with Crippen molar-refractivity contribution in [2.24, 2.45) is 10.2 Å². The molecule has 0 atom stereocenters. The Morgan fingerprint density at radius 3 is 2.46 bits per heavy atom. The van der Waals surface area contributed by atoms with E-state index in [1.807, 2.05) is 0 Å². The third-order valence-corrected chi connectivity index (χ3v) is 5.82. The van der Waals surface area contributed by atoms with Crippen molar-refractivity contribution in [1.29, 1.82) is 5.26 Å². The lowest BCUT2D eigenvalue weighted by molar-refractivity contribution is -0.384. The van der Waals surface area contributed by atoms with Crippen LogP contribution in [-0.2, 0) is 9.47 Å². The van der Waals surface area contributed by atoms with Gasteiger partial charge in [-0.1, -0.05) is 0 Å². The molecule has 0 spiro atoms. The molecule has 0 radical (unpaired) electrons. The van der Waals surface area contributed by atoms with Crippen molar-refractivity contribution in [3.8, 4) is 6.07 Å². The second kappa shape index (κ2) is 12.7. The largest absolute Gasteiger partial charge is 0.385 e. The number of methoxy groups -OCH3 is 2. The Hall–Kier alpha value is -3.73. The molecule has 3 rings (SSSR count). The van der Waals surface area contributed by atoms with Gasteiger partial charge in [0.05, 0.1) is 16.0 Å². The predicted molar refractivity (Wildman–Crippen MR) is 134 cm³/mol. The van der Waals surface area contributed by atoms with Crippen molar-refractivity contribution in [2.75, 3.05) is 51.2 Å². The molecule has 0 aliphatic heterocycles. The molecule has 0 unspecified atom stereocenters. The molecule has 0 aliphatic carbocycles. The Morgan fingerprint density at radius 2 is 1.83 bits per heavy atom. The molecule has 2 N–H and O–H groups in total. The number of pyridine rings is 1. The van der Waals surface area contributed by atoms with Gasteiger partial charge in [-0.15, -0.1) is 10.2 Å². The predicted octanol–water partition coefficient (Wildman–Crippen LogP) is 5.09. The number of nitrogens with zero attached hydrogens (tertiary/aromatic N) is 6. The number of nitriles is 1. The van der Waals surface area contributed by atoms with E-state index >= 15 is 0 Å². The number of azo groups is 1. The maximum atomic E-state index is 11.2. The smallest absolute Gasteiger partial charge is 0.270 e. The summed E-state index contributed by atoms with van der Waals surface area (Å²) in [5.41, 5.74) is 1.92. The van der Waals surface area contributed by atoms with Crippen LogP contribution in [0.5, 0.6) is 0 Å². The van der Waals surface area contributed by atoms with Gasteiger partial charge in [-0.2, -0.15) is 9.64 Å². The summed E-state index contributed by atoms with van der Waals surface area (Å²) in [4.78, 5) is 15.3. The van der Waals surface area contributed by atoms with E-state index in [0.717, 1.165) is 24.4 Å². The molecular formula is C22H26N8O4S. The molecule has 3 aromatic rings. The molecule has 0 bridgehead atoms. The van der Waals surface area contributed by atoms with E-state index in [-0.39, 0.29) is 5.69 Å². The minimum absolute atomic E-state index is 0.0526. The van der Waals surface area contributed by atoms with Crippen LogP contribution in [0.4, 0.5) is 28.0 Å². The van der Waals surface area contributed by atoms with Crippen molar-refractivity contribution >= 4 is 50.4 Å². The zero-order valence-electron chi connectivity index (χ0n) is 19.7. The van der Waals surface area contributed by atoms with Gasteiger partial charge < -0.3 is 20.1 Å². The number of anilines is 2. The Bertz CT molecular complexity index is 1250. The topological polar surface area (TPSA) is 160 Å². The van der Waals surface area contributed by atoms with E-state index in [4.69, 9.17) is 9.47 Å². The third-order valence-electron chi connectivity index (χ3n) is 5.05. The van der Waals surface area contributed by atoms with E-state index in [1.54, 1.807) is 27.2 Å². The highest BCUT2D eigenvalue weighted by molar-refractivity contribution is 7.11. The summed E-state index contributed by atoms with van der Waals surface area (Å²) in [7, 11) is 3.27. The molecule has 1 aromatic carbocycles. The summed E-state index contributed by atoms with van der Waals surface area (Å²) < 4.78 is 14.5. The molecule has 0 amide bonds. The lowest BCUT2D eigenvalue weighted by Gasteiger charge is -2.15. The van der Waals surface area contributed by atoms with Gasteiger partial charge in [0.15, 0.2) is 10.8 Å². The Balaban J connectivity index is 1.99. The average molecular weight is 499 g/mol. The number of benzene rings is 1. The monoisotopic (exact) mass is 498 g/mol. The van der Waals surface area contributed by atoms with Crippen molar-refractivity contribution in [3.63, 3.8) is 0 Å². The number of nitro benzene ring substituents is 1. The quantitative estimate of drug-likeness (QED) is 0.141. The first kappa shape index (κ1) is 25.9. The van der Waals surface area contributed by atoms with Crippen LogP contribution in [0.15, 0.2) is 28.4 Å². The fraction of sp³-hybridized carbons (Fsp3) is 0.409. The van der Waals surface area contributed by atoms with Crippen LogP contribution in [0.25, 0.3) is 10.9 Å². The van der Waals surface area contributed by atoms with E-state index in [1.165, 1.54) is 12.1 Å². The Labute approximate surface area is 206 Å². The highest BCUT2D eigenvalue weighted by atomic mass is 32.1. The number of nitro groups is 1. The van der Waals surface area contributed by atoms with E-state index < -0.39 is 4.92 Å². The van der Waals surface area contributed by atoms with Crippen LogP contribution in [0, 0.1) is 28.4 Å². The third kappa shape index (κ3) is 6.44. The van der Waals surface area contributed by atoms with Gasteiger partial charge in [0.1, 0.15) is 17.6 Å². The van der Waals surface area contributed by atoms with Crippen LogP contribution in [0.2, 0.25) is 0 Å². The zero-order valence-corrected chi connectivity index (χ0v) is 20.5. The number of fused-ring (bicyclic) bond motifs is 1. The van der Waals surface area contributed by atoms with Crippen LogP contribution in [0.1, 0.15) is 24.0 Å². The summed E-state index contributed by atoms with van der Waals surface area (Å²) in [6, 6.07) is 6.61. The van der Waals surface area contributed by atoms with Gasteiger partial charge in [0.2, 0.25) is 0 Å². The molecule has 0 saturated carbocycles. The lowest BCUT2D eigenvalue weighted by atomic mass is 10.1. The number of ether oxygens (including phenoxy) is 2. The molecule has 35 heavy (non-hydrogen) atoms. The Kier molecular flexibility index (Phi) is 9.36. The summed E-state index contributed by atoms with van der Waals surface area (Å²) in [5, 5.41) is 37.1. The molecule has 0 fully saturated rings. The zero-order chi connectivity index (χ0) is 25.2. The normalized spacial score (nSPS) is 11.1. The molecule has 184 valence electrons. The van der Waals surface area contributed by atoms with E-state index in [0.29, 0.717) is 70.7 Å². The summed E-state index contributed by atoms with van der Waals surface area (Å²) in [5.74, 6) is 0.920. The fourth-order valence-corrected chi connectivity index (χ4v) is 3.93. The summed E-state index contributed by atoms with van der Waals surface area (Å²) in [6.07, 6.45) is 1.50. The molecule has 0 saturated heterocycles. The van der Waals surface area contributed by atoms with E-state index in [9.17, 15) is 15.4 Å². The molecule has 2 aromatic heterocycles. The van der Waals surface area contributed by atoms with Crippen molar-refractivity contribution in [1.82, 2.24) is 9.36 Å². The van der Waals surface area contributed by atoms with Gasteiger partial charge in [-0.3, -0.25) is 10.1 Å². The number of rotatable bonds is 13. The van der Waals surface area contributed by atoms with Crippen molar-refractivity contribution < 1.29 is 14.4 Å². The Morgan fingerprint density at radius 1 is 1.14 bits per heavy atom. The van der Waals surface area contributed by atoms with Crippen molar-refractivity contribution in [2.45, 2.75) is 19.8 Å². The molecule has 0 aliphatic rings. The lowest BCUT2D eigenvalue weighted by Crippen LogP contribution is -2.12. The van der Waals surface area contributed by atoms with Gasteiger partial charge >= 0.3 is 0 Å². The number of nitrogens with one attached hydrogen (secondary N) is 2. The second-order valence-electron chi connectivity index (χ2n) is 7.46. The number of aromatic nitrogens is 2. The standard InChI is InChI=1S/C22H26N8O4S/c1-14-17(13-23)20(24-8-4-10-33-2)26-21(25-9-5-11-34-3)19(14)27-28-22-16-12-15(30(31)32)6-7-18(16)29-35-22/h6-7,12H,4-5,8-11H2,1-3H3,(H2,24,25,26). The molecular weight excluding hydrogens is 472 g/mol. The number of hydrogen-bond acceptors (Lipinski definition) is 12. The molecule has 13 heteroatoms. The van der Waals surface area contributed by atoms with Crippen molar-refractivity contribution in [3.05, 3.63) is 39.4 Å². The van der Waals surface area contributed by atoms with Crippen LogP contribution >= 0.6 is 11.5 Å². The van der Waals surface area contributed by atoms with Crippen LogP contribution < -0.4 is 10.6 Å². The highest BCUT2D eigenvalue weighted by Crippen LogP contribution is 2.38. The maximum absolute atomic E-state index is 11.2. The average Bonchev–Trinajstić information content (AvgIpc) is 3.26. The maximum Gasteiger partial charge on any atom is 0.270 e. The summed E-state index contributed by atoms with van der Waals surface area (Å²) in [6.45, 7) is 4.11. The first-order valence-corrected chi connectivity index (χ1v) is 11.6. The van der Waals surface area contributed by atoms with Crippen LogP contribution in [-0.4, -0.2) is 54.8 Å². The first-order chi connectivity index (χ1) is 17.0. The SMILES string of the molecule is COCCCNc1nc(NCCCOC)c(N=Nc2snc3ccc([N+](=O)[O-])cc23)c(C)c1C#N. The van der Waals surface area contributed by atoms with Crippen LogP contribution in [0.3, 0.4) is 0 Å². The second-order valence-corrected chi connectivity index (χ2v) is 8.21. The van der Waals surface area contributed by atoms with E-state index in [2.05, 4.69) is 36.3 Å². The highest BCUT2D eigenvalue weighted by Gasteiger charge is 2.18. The minimum atomic E-state index is -0.467. The van der Waals surface area contributed by atoms with Gasteiger partial charge in [0.25, 0.3) is 5.69 Å². The number of hydrogen-bond donors (Lipinski definition) is 2. The van der Waals surface area contributed by atoms with Gasteiger partial charge in [-0.25, -0.2) is 4.98 Å². The molecule has 12 nitrogen and oxygen atoms in total. The number of non-ortho nitro benzene ring substituents is 1. The fourth-order valence-electron chi connectivity index (χ4n) is 3.25. The van der Waals surface area contributed by atoms with Gasteiger partial charge in [0, 0.05) is 63.6 Å². The minimum Gasteiger partial charge on any atom is -0.385 e. The first-order valence-electron chi connectivity index (χ1n) is 10.9. The summed E-state index contributed by atoms with van der Waals surface area (Å²) >= 11 is 1.09. The molecule has 2 heterocycles. The van der Waals surface area contributed by atoms with Gasteiger partial charge in [-0.05, 0) is 37.4 Å².